The van der Waals surface area contributed by atoms with Crippen LogP contribution >= 0.6 is 11.3 Å². The van der Waals surface area contributed by atoms with Crippen LogP contribution < -0.4 is 5.32 Å². The fraction of sp³-hybridized carbons (Fsp3) is 0.611. The van der Waals surface area contributed by atoms with E-state index in [0.29, 0.717) is 30.2 Å². The summed E-state index contributed by atoms with van der Waals surface area (Å²) in [5.41, 5.74) is 1.78. The molecule has 1 aliphatic heterocycles. The van der Waals surface area contributed by atoms with Gasteiger partial charge in [-0.25, -0.2) is 0 Å². The second-order valence-electron chi connectivity index (χ2n) is 6.65. The summed E-state index contributed by atoms with van der Waals surface area (Å²) in [5, 5.41) is 13.1. The number of thiophene rings is 1. The number of hydrogen-bond acceptors (Lipinski definition) is 6. The Balaban J connectivity index is 1.56. The molecule has 1 fully saturated rings. The molecule has 3 rings (SSSR count). The first kappa shape index (κ1) is 17.9. The van der Waals surface area contributed by atoms with Crippen molar-refractivity contribution in [2.75, 3.05) is 32.1 Å². The molecule has 0 saturated carbocycles. The number of ether oxygens (including phenoxy) is 1. The highest BCUT2D eigenvalue weighted by atomic mass is 32.1. The average molecular weight is 361 g/mol. The monoisotopic (exact) mass is 361 g/mol. The molecule has 0 radical (unpaired) electrons. The molecule has 1 aliphatic carbocycles. The first-order valence-electron chi connectivity index (χ1n) is 8.77. The van der Waals surface area contributed by atoms with Gasteiger partial charge in [0.2, 0.25) is 5.91 Å². The molecule has 0 atom stereocenters. The lowest BCUT2D eigenvalue weighted by atomic mass is 9.96. The highest BCUT2D eigenvalue weighted by molar-refractivity contribution is 7.16. The lowest BCUT2D eigenvalue weighted by molar-refractivity contribution is -0.147. The van der Waals surface area contributed by atoms with E-state index in [9.17, 15) is 14.9 Å². The zero-order valence-electron chi connectivity index (χ0n) is 14.5. The first-order valence-corrected chi connectivity index (χ1v) is 9.58. The van der Waals surface area contributed by atoms with Crippen molar-refractivity contribution in [3.05, 3.63) is 16.0 Å². The van der Waals surface area contributed by atoms with E-state index >= 15 is 0 Å². The third-order valence-electron chi connectivity index (χ3n) is 5.03. The summed E-state index contributed by atoms with van der Waals surface area (Å²) in [6, 6.07) is 2.27. The number of anilines is 1. The van der Waals surface area contributed by atoms with Crippen LogP contribution in [0.25, 0.3) is 0 Å². The molecule has 0 unspecified atom stereocenters. The van der Waals surface area contributed by atoms with E-state index in [4.69, 9.17) is 4.74 Å². The van der Waals surface area contributed by atoms with Gasteiger partial charge in [0.25, 0.3) is 0 Å². The van der Waals surface area contributed by atoms with E-state index < -0.39 is 0 Å². The van der Waals surface area contributed by atoms with Crippen molar-refractivity contribution in [3.63, 3.8) is 0 Å². The fourth-order valence-corrected chi connectivity index (χ4v) is 4.89. The molecule has 1 aromatic rings. The van der Waals surface area contributed by atoms with Crippen LogP contribution in [0.4, 0.5) is 5.00 Å². The zero-order valence-corrected chi connectivity index (χ0v) is 15.3. The number of aryl methyl sites for hydroxylation is 1. The Hall–Kier alpha value is -1.91. The van der Waals surface area contributed by atoms with Crippen molar-refractivity contribution in [2.24, 2.45) is 5.92 Å². The van der Waals surface area contributed by atoms with Gasteiger partial charge in [-0.15, -0.1) is 11.3 Å². The van der Waals surface area contributed by atoms with Crippen LogP contribution in [0.3, 0.4) is 0 Å². The molecule has 134 valence electrons. The Morgan fingerprint density at radius 1 is 1.32 bits per heavy atom. The number of amides is 1. The molecule has 25 heavy (non-hydrogen) atoms. The number of hydrogen-bond donors (Lipinski definition) is 1. The maximum Gasteiger partial charge on any atom is 0.308 e. The van der Waals surface area contributed by atoms with Crippen LogP contribution in [0.2, 0.25) is 0 Å². The minimum Gasteiger partial charge on any atom is -0.469 e. The third kappa shape index (κ3) is 4.02. The zero-order chi connectivity index (χ0) is 17.8. The largest absolute Gasteiger partial charge is 0.469 e. The average Bonchev–Trinajstić information content (AvgIpc) is 2.98. The minimum atomic E-state index is -0.160. The number of nitriles is 1. The lowest BCUT2D eigenvalue weighted by Crippen LogP contribution is -2.41. The van der Waals surface area contributed by atoms with Crippen molar-refractivity contribution < 1.29 is 14.3 Å². The second-order valence-corrected chi connectivity index (χ2v) is 7.75. The normalized spacial score (nSPS) is 18.2. The van der Waals surface area contributed by atoms with Crippen molar-refractivity contribution in [1.82, 2.24) is 4.90 Å². The van der Waals surface area contributed by atoms with Gasteiger partial charge in [0.15, 0.2) is 0 Å². The van der Waals surface area contributed by atoms with Crippen molar-refractivity contribution in [3.8, 4) is 6.07 Å². The number of carbonyl (C=O) groups is 2. The van der Waals surface area contributed by atoms with Crippen LogP contribution in [0.15, 0.2) is 0 Å². The number of nitrogens with one attached hydrogen (secondary N) is 1. The highest BCUT2D eigenvalue weighted by Gasteiger charge is 2.27. The van der Waals surface area contributed by atoms with Crippen LogP contribution in [-0.4, -0.2) is 43.5 Å². The summed E-state index contributed by atoms with van der Waals surface area (Å²) < 4.78 is 4.78. The summed E-state index contributed by atoms with van der Waals surface area (Å²) in [7, 11) is 1.41. The molecule has 2 heterocycles. The Kier molecular flexibility index (Phi) is 5.71. The standard InChI is InChI=1S/C18H23N3O3S/c1-24-18(23)12-6-8-21(9-7-12)11-16(22)20-17-14(10-19)13-4-2-3-5-15(13)25-17/h12H,2-9,11H2,1H3,(H,20,22). The molecular formula is C18H23N3O3S. The molecule has 1 saturated heterocycles. The van der Waals surface area contributed by atoms with Gasteiger partial charge >= 0.3 is 5.97 Å². The Morgan fingerprint density at radius 3 is 2.72 bits per heavy atom. The van der Waals surface area contributed by atoms with E-state index in [-0.39, 0.29) is 17.8 Å². The smallest absolute Gasteiger partial charge is 0.308 e. The number of carbonyl (C=O) groups excluding carboxylic acids is 2. The number of methoxy groups -OCH3 is 1. The maximum atomic E-state index is 12.4. The SMILES string of the molecule is COC(=O)C1CCN(CC(=O)Nc2sc3c(c2C#N)CCCC3)CC1. The van der Waals surface area contributed by atoms with Gasteiger partial charge in [0.05, 0.1) is 25.1 Å². The molecule has 2 aliphatic rings. The number of fused-ring (bicyclic) bond motifs is 1. The predicted octanol–water partition coefficient (Wildman–Crippen LogP) is 2.32. The van der Waals surface area contributed by atoms with Gasteiger partial charge < -0.3 is 10.1 Å². The molecule has 0 spiro atoms. The summed E-state index contributed by atoms with van der Waals surface area (Å²) >= 11 is 1.55. The van der Waals surface area contributed by atoms with E-state index in [1.807, 2.05) is 4.90 Å². The minimum absolute atomic E-state index is 0.0569. The van der Waals surface area contributed by atoms with E-state index in [0.717, 1.165) is 44.1 Å². The molecular weight excluding hydrogens is 338 g/mol. The second kappa shape index (κ2) is 7.98. The van der Waals surface area contributed by atoms with Gasteiger partial charge in [-0.2, -0.15) is 5.26 Å². The van der Waals surface area contributed by atoms with Gasteiger partial charge in [-0.1, -0.05) is 0 Å². The lowest BCUT2D eigenvalue weighted by Gasteiger charge is -2.29. The van der Waals surface area contributed by atoms with Crippen molar-refractivity contribution in [1.29, 1.82) is 5.26 Å². The summed E-state index contributed by atoms with van der Waals surface area (Å²) in [6.45, 7) is 1.71. The van der Waals surface area contributed by atoms with Crippen LogP contribution in [0.1, 0.15) is 41.7 Å². The van der Waals surface area contributed by atoms with Gasteiger partial charge in [0.1, 0.15) is 11.1 Å². The maximum absolute atomic E-state index is 12.4. The quantitative estimate of drug-likeness (QED) is 0.832. The van der Waals surface area contributed by atoms with E-state index in [1.165, 1.54) is 12.0 Å². The summed E-state index contributed by atoms with van der Waals surface area (Å²) in [5.74, 6) is -0.308. The Bertz CT molecular complexity index is 699. The van der Waals surface area contributed by atoms with Crippen LogP contribution in [0, 0.1) is 17.2 Å². The third-order valence-corrected chi connectivity index (χ3v) is 6.23. The van der Waals surface area contributed by atoms with Crippen LogP contribution in [0.5, 0.6) is 0 Å². The number of piperidine rings is 1. The Morgan fingerprint density at radius 2 is 2.04 bits per heavy atom. The molecule has 6 nitrogen and oxygen atoms in total. The number of nitrogens with zero attached hydrogens (tertiary/aromatic N) is 2. The van der Waals surface area contributed by atoms with Crippen molar-refractivity contribution in [2.45, 2.75) is 38.5 Å². The van der Waals surface area contributed by atoms with Gasteiger partial charge in [-0.3, -0.25) is 14.5 Å². The number of esters is 1. The van der Waals surface area contributed by atoms with Crippen molar-refractivity contribution >= 4 is 28.2 Å². The fourth-order valence-electron chi connectivity index (χ4n) is 3.63. The summed E-state index contributed by atoms with van der Waals surface area (Å²) in [6.07, 6.45) is 5.65. The first-order chi connectivity index (χ1) is 12.1. The molecule has 1 aromatic heterocycles. The highest BCUT2D eigenvalue weighted by Crippen LogP contribution is 2.37. The summed E-state index contributed by atoms with van der Waals surface area (Å²) in [4.78, 5) is 27.2. The predicted molar refractivity (Wildman–Crippen MR) is 95.5 cm³/mol. The molecule has 0 bridgehead atoms. The van der Waals surface area contributed by atoms with Gasteiger partial charge in [-0.05, 0) is 57.2 Å². The van der Waals surface area contributed by atoms with Crippen LogP contribution in [-0.2, 0) is 27.2 Å². The molecule has 7 heteroatoms. The number of likely N-dealkylation sites (tertiary alicyclic amines) is 1. The van der Waals surface area contributed by atoms with Gasteiger partial charge in [0, 0.05) is 4.88 Å². The van der Waals surface area contributed by atoms with E-state index in [2.05, 4.69) is 11.4 Å². The molecule has 1 amide bonds. The Labute approximate surface area is 151 Å². The van der Waals surface area contributed by atoms with E-state index in [1.54, 1.807) is 11.3 Å². The number of rotatable bonds is 4. The molecule has 0 aromatic carbocycles. The topological polar surface area (TPSA) is 82.4 Å². The molecule has 1 N–H and O–H groups in total.